The van der Waals surface area contributed by atoms with Gasteiger partial charge in [-0.1, -0.05) is 11.6 Å². The van der Waals surface area contributed by atoms with Gasteiger partial charge in [-0.05, 0) is 18.8 Å². The molecular formula is C9H17N3O2. The third-order valence-electron chi connectivity index (χ3n) is 2.64. The zero-order valence-corrected chi connectivity index (χ0v) is 8.44. The SMILES string of the molecule is CN(CC(N)=NO)C(=O)CC1CCC1. The average molecular weight is 199 g/mol. The highest BCUT2D eigenvalue weighted by Crippen LogP contribution is 2.29. The van der Waals surface area contributed by atoms with Crippen molar-refractivity contribution in [1.29, 1.82) is 0 Å². The number of nitrogens with two attached hydrogens (primary N) is 1. The van der Waals surface area contributed by atoms with Crippen molar-refractivity contribution in [3.63, 3.8) is 0 Å². The molecule has 1 fully saturated rings. The number of carbonyl (C=O) groups is 1. The summed E-state index contributed by atoms with van der Waals surface area (Å²) in [6.45, 7) is 0.196. The predicted octanol–water partition coefficient (Wildman–Crippen LogP) is 0.381. The van der Waals surface area contributed by atoms with Gasteiger partial charge in [0.15, 0.2) is 5.84 Å². The maximum absolute atomic E-state index is 11.5. The summed E-state index contributed by atoms with van der Waals surface area (Å²) >= 11 is 0. The fraction of sp³-hybridized carbons (Fsp3) is 0.778. The van der Waals surface area contributed by atoms with E-state index in [9.17, 15) is 4.79 Å². The summed E-state index contributed by atoms with van der Waals surface area (Å²) in [6, 6.07) is 0. The zero-order chi connectivity index (χ0) is 10.6. The Hall–Kier alpha value is -1.26. The van der Waals surface area contributed by atoms with E-state index in [0.29, 0.717) is 12.3 Å². The average Bonchev–Trinajstić information content (AvgIpc) is 2.10. The van der Waals surface area contributed by atoms with Crippen LogP contribution < -0.4 is 5.73 Å². The van der Waals surface area contributed by atoms with Crippen molar-refractivity contribution >= 4 is 11.7 Å². The molecule has 0 aliphatic heterocycles. The Kier molecular flexibility index (Phi) is 3.73. The van der Waals surface area contributed by atoms with Crippen LogP contribution in [0.15, 0.2) is 5.16 Å². The molecule has 0 aromatic rings. The summed E-state index contributed by atoms with van der Waals surface area (Å²) in [5, 5.41) is 11.2. The topological polar surface area (TPSA) is 78.9 Å². The van der Waals surface area contributed by atoms with Gasteiger partial charge in [0, 0.05) is 13.5 Å². The molecule has 0 aromatic heterocycles. The Morgan fingerprint density at radius 3 is 2.71 bits per heavy atom. The van der Waals surface area contributed by atoms with Crippen molar-refractivity contribution in [2.45, 2.75) is 25.7 Å². The molecule has 0 unspecified atom stereocenters. The van der Waals surface area contributed by atoms with Crippen LogP contribution in [0, 0.1) is 5.92 Å². The summed E-state index contributed by atoms with van der Waals surface area (Å²) in [6.07, 6.45) is 4.14. The molecule has 3 N–H and O–H groups in total. The summed E-state index contributed by atoms with van der Waals surface area (Å²) < 4.78 is 0. The standard InChI is InChI=1S/C9H17N3O2/c1-12(6-8(10)11-14)9(13)5-7-3-2-4-7/h7,14H,2-6H2,1H3,(H2,10,11). The first-order chi connectivity index (χ1) is 6.63. The third kappa shape index (κ3) is 2.90. The largest absolute Gasteiger partial charge is 0.409 e. The van der Waals surface area contributed by atoms with Gasteiger partial charge in [0.25, 0.3) is 0 Å². The molecule has 1 saturated carbocycles. The normalized spacial score (nSPS) is 17.6. The van der Waals surface area contributed by atoms with Gasteiger partial charge in [-0.2, -0.15) is 0 Å². The van der Waals surface area contributed by atoms with E-state index >= 15 is 0 Å². The molecule has 0 bridgehead atoms. The Morgan fingerprint density at radius 2 is 2.29 bits per heavy atom. The number of amidine groups is 1. The highest BCUT2D eigenvalue weighted by atomic mass is 16.4. The van der Waals surface area contributed by atoms with E-state index in [0.717, 1.165) is 12.8 Å². The van der Waals surface area contributed by atoms with Crippen molar-refractivity contribution in [1.82, 2.24) is 4.90 Å². The second kappa shape index (κ2) is 4.83. The van der Waals surface area contributed by atoms with E-state index in [-0.39, 0.29) is 18.3 Å². The van der Waals surface area contributed by atoms with Gasteiger partial charge >= 0.3 is 0 Å². The quantitative estimate of drug-likeness (QED) is 0.297. The van der Waals surface area contributed by atoms with Gasteiger partial charge in [-0.25, -0.2) is 0 Å². The molecule has 0 saturated heterocycles. The highest BCUT2D eigenvalue weighted by molar-refractivity contribution is 5.86. The Balaban J connectivity index is 2.28. The Bertz CT molecular complexity index is 236. The lowest BCUT2D eigenvalue weighted by atomic mass is 9.83. The molecule has 0 radical (unpaired) electrons. The number of nitrogens with zero attached hydrogens (tertiary/aromatic N) is 2. The zero-order valence-electron chi connectivity index (χ0n) is 8.44. The molecular weight excluding hydrogens is 182 g/mol. The summed E-state index contributed by atoms with van der Waals surface area (Å²) in [7, 11) is 1.67. The van der Waals surface area contributed by atoms with Crippen molar-refractivity contribution < 1.29 is 10.0 Å². The van der Waals surface area contributed by atoms with E-state index < -0.39 is 0 Å². The van der Waals surface area contributed by atoms with Gasteiger partial charge < -0.3 is 15.8 Å². The van der Waals surface area contributed by atoms with Crippen LogP contribution in [0.25, 0.3) is 0 Å². The molecule has 80 valence electrons. The molecule has 1 amide bonds. The maximum atomic E-state index is 11.5. The van der Waals surface area contributed by atoms with Gasteiger partial charge in [0.05, 0.1) is 6.54 Å². The summed E-state index contributed by atoms with van der Waals surface area (Å²) in [5.41, 5.74) is 5.30. The number of rotatable bonds is 4. The smallest absolute Gasteiger partial charge is 0.222 e. The molecule has 0 atom stereocenters. The number of hydrogen-bond donors (Lipinski definition) is 2. The second-order valence-electron chi connectivity index (χ2n) is 3.84. The van der Waals surface area contributed by atoms with E-state index in [2.05, 4.69) is 5.16 Å². The Labute approximate surface area is 83.6 Å². The molecule has 0 spiro atoms. The molecule has 0 heterocycles. The minimum atomic E-state index is 0.0643. The third-order valence-corrected chi connectivity index (χ3v) is 2.64. The van der Waals surface area contributed by atoms with Crippen LogP contribution >= 0.6 is 0 Å². The molecule has 1 rings (SSSR count). The summed E-state index contributed by atoms with van der Waals surface area (Å²) in [5.74, 6) is 0.688. The number of amides is 1. The lowest BCUT2D eigenvalue weighted by molar-refractivity contribution is -0.130. The monoisotopic (exact) mass is 199 g/mol. The van der Waals surface area contributed by atoms with Crippen molar-refractivity contribution in [3.8, 4) is 0 Å². The van der Waals surface area contributed by atoms with Gasteiger partial charge in [0.1, 0.15) is 0 Å². The number of hydrogen-bond acceptors (Lipinski definition) is 3. The van der Waals surface area contributed by atoms with Crippen LogP contribution in [0.3, 0.4) is 0 Å². The van der Waals surface area contributed by atoms with Gasteiger partial charge in [-0.15, -0.1) is 0 Å². The highest BCUT2D eigenvalue weighted by Gasteiger charge is 2.22. The molecule has 0 aromatic carbocycles. The first-order valence-electron chi connectivity index (χ1n) is 4.84. The van der Waals surface area contributed by atoms with Crippen LogP contribution in [-0.4, -0.2) is 35.4 Å². The van der Waals surface area contributed by atoms with E-state index in [1.165, 1.54) is 11.3 Å². The van der Waals surface area contributed by atoms with Crippen molar-refractivity contribution in [2.75, 3.05) is 13.6 Å². The molecule has 5 nitrogen and oxygen atoms in total. The lowest BCUT2D eigenvalue weighted by Gasteiger charge is -2.26. The predicted molar refractivity (Wildman–Crippen MR) is 53.0 cm³/mol. The number of carbonyl (C=O) groups excluding carboxylic acids is 1. The lowest BCUT2D eigenvalue weighted by Crippen LogP contribution is -2.37. The van der Waals surface area contributed by atoms with E-state index in [4.69, 9.17) is 10.9 Å². The van der Waals surface area contributed by atoms with Gasteiger partial charge in [-0.3, -0.25) is 4.79 Å². The summed E-state index contributed by atoms with van der Waals surface area (Å²) in [4.78, 5) is 13.0. The van der Waals surface area contributed by atoms with Crippen molar-refractivity contribution in [3.05, 3.63) is 0 Å². The minimum absolute atomic E-state index is 0.0643. The molecule has 1 aliphatic rings. The van der Waals surface area contributed by atoms with Crippen LogP contribution in [0.4, 0.5) is 0 Å². The number of likely N-dealkylation sites (N-methyl/N-ethyl adjacent to an activating group) is 1. The van der Waals surface area contributed by atoms with Crippen LogP contribution in [0.1, 0.15) is 25.7 Å². The first kappa shape index (κ1) is 10.8. The molecule has 5 heteroatoms. The Morgan fingerprint density at radius 1 is 1.64 bits per heavy atom. The minimum Gasteiger partial charge on any atom is -0.409 e. The van der Waals surface area contributed by atoms with E-state index in [1.807, 2.05) is 0 Å². The molecule has 14 heavy (non-hydrogen) atoms. The van der Waals surface area contributed by atoms with Gasteiger partial charge in [0.2, 0.25) is 5.91 Å². The van der Waals surface area contributed by atoms with Crippen LogP contribution in [0.5, 0.6) is 0 Å². The van der Waals surface area contributed by atoms with Crippen LogP contribution in [-0.2, 0) is 4.79 Å². The maximum Gasteiger partial charge on any atom is 0.222 e. The molecule has 1 aliphatic carbocycles. The second-order valence-corrected chi connectivity index (χ2v) is 3.84. The fourth-order valence-electron chi connectivity index (χ4n) is 1.46. The van der Waals surface area contributed by atoms with Crippen LogP contribution in [0.2, 0.25) is 0 Å². The first-order valence-corrected chi connectivity index (χ1v) is 4.84. The van der Waals surface area contributed by atoms with E-state index in [1.54, 1.807) is 7.05 Å². The number of oxime groups is 1. The fourth-order valence-corrected chi connectivity index (χ4v) is 1.46. The van der Waals surface area contributed by atoms with Crippen molar-refractivity contribution in [2.24, 2.45) is 16.8 Å².